The van der Waals surface area contributed by atoms with E-state index in [1.165, 1.54) is 22.0 Å². The molecule has 1 N–H and O–H groups in total. The summed E-state index contributed by atoms with van der Waals surface area (Å²) >= 11 is 0. The van der Waals surface area contributed by atoms with E-state index in [-0.39, 0.29) is 0 Å². The van der Waals surface area contributed by atoms with Crippen molar-refractivity contribution in [3.8, 4) is 11.3 Å². The van der Waals surface area contributed by atoms with Crippen molar-refractivity contribution in [2.75, 3.05) is 0 Å². The zero-order chi connectivity index (χ0) is 15.5. The molecule has 0 saturated heterocycles. The molecule has 114 valence electrons. The van der Waals surface area contributed by atoms with Crippen LogP contribution in [0.3, 0.4) is 0 Å². The zero-order valence-electron chi connectivity index (χ0n) is 12.8. The predicted octanol–water partition coefficient (Wildman–Crippen LogP) is 4.06. The van der Waals surface area contributed by atoms with Gasteiger partial charge in [-0.15, -0.1) is 0 Å². The first-order valence-corrected chi connectivity index (χ1v) is 7.87. The van der Waals surface area contributed by atoms with Gasteiger partial charge in [-0.05, 0) is 23.6 Å². The van der Waals surface area contributed by atoms with Crippen molar-refractivity contribution in [3.63, 3.8) is 0 Å². The van der Waals surface area contributed by atoms with E-state index in [9.17, 15) is 0 Å². The predicted molar refractivity (Wildman–Crippen MR) is 92.1 cm³/mol. The summed E-state index contributed by atoms with van der Waals surface area (Å²) in [6.07, 6.45) is 9.73. The average molecular weight is 302 g/mol. The summed E-state index contributed by atoms with van der Waals surface area (Å²) in [5.74, 6) is 0. The van der Waals surface area contributed by atoms with Crippen LogP contribution < -0.4 is 0 Å². The summed E-state index contributed by atoms with van der Waals surface area (Å²) in [4.78, 5) is 11.8. The number of hydrogen-bond acceptors (Lipinski definition) is 2. The molecule has 4 aromatic rings. The second-order valence-electron chi connectivity index (χ2n) is 5.70. The lowest BCUT2D eigenvalue weighted by atomic mass is 10.0. The molecule has 23 heavy (non-hydrogen) atoms. The fraction of sp³-hybridized carbons (Fsp3) is 0.158. The first-order chi connectivity index (χ1) is 11.4. The van der Waals surface area contributed by atoms with Gasteiger partial charge in [0.2, 0.25) is 0 Å². The van der Waals surface area contributed by atoms with Crippen LogP contribution in [0.1, 0.15) is 12.1 Å². The van der Waals surface area contributed by atoms with Gasteiger partial charge in [-0.25, -0.2) is 9.97 Å². The van der Waals surface area contributed by atoms with Gasteiger partial charge in [0.25, 0.3) is 0 Å². The Labute approximate surface area is 134 Å². The molecule has 0 atom stereocenters. The van der Waals surface area contributed by atoms with E-state index >= 15 is 0 Å². The van der Waals surface area contributed by atoms with Crippen LogP contribution in [0.15, 0.2) is 67.5 Å². The number of nitrogens with zero attached hydrogens (tertiary/aromatic N) is 3. The third-order valence-corrected chi connectivity index (χ3v) is 4.12. The van der Waals surface area contributed by atoms with Gasteiger partial charge in [0.05, 0.1) is 18.3 Å². The third kappa shape index (κ3) is 2.88. The van der Waals surface area contributed by atoms with Gasteiger partial charge in [-0.3, -0.25) is 0 Å². The Morgan fingerprint density at radius 1 is 1.04 bits per heavy atom. The number of H-pyrrole nitrogens is 1. The van der Waals surface area contributed by atoms with Crippen LogP contribution in [0.4, 0.5) is 0 Å². The highest BCUT2D eigenvalue weighted by molar-refractivity contribution is 5.95. The number of rotatable bonds is 5. The summed E-state index contributed by atoms with van der Waals surface area (Å²) in [5, 5.41) is 2.50. The van der Waals surface area contributed by atoms with Crippen LogP contribution in [0.5, 0.6) is 0 Å². The molecular weight excluding hydrogens is 284 g/mol. The van der Waals surface area contributed by atoms with E-state index in [0.717, 1.165) is 25.1 Å². The van der Waals surface area contributed by atoms with E-state index in [2.05, 4.69) is 68.2 Å². The first-order valence-electron chi connectivity index (χ1n) is 7.87. The van der Waals surface area contributed by atoms with Gasteiger partial charge in [-0.2, -0.15) is 0 Å². The lowest BCUT2D eigenvalue weighted by Crippen LogP contribution is -1.96. The molecule has 4 nitrogen and oxygen atoms in total. The minimum absolute atomic E-state index is 0.955. The lowest BCUT2D eigenvalue weighted by molar-refractivity contribution is 0.637. The number of imidazole rings is 2. The molecule has 0 aliphatic rings. The number of aromatic amines is 1. The topological polar surface area (TPSA) is 46.5 Å². The molecule has 0 unspecified atom stereocenters. The lowest BCUT2D eigenvalue weighted by Gasteiger charge is -2.04. The summed E-state index contributed by atoms with van der Waals surface area (Å²) in [6.45, 7) is 0.955. The molecule has 0 aliphatic heterocycles. The van der Waals surface area contributed by atoms with Gasteiger partial charge in [0, 0.05) is 30.2 Å². The van der Waals surface area contributed by atoms with E-state index in [1.54, 1.807) is 6.33 Å². The Hall–Kier alpha value is -2.88. The first kappa shape index (κ1) is 13.8. The molecule has 0 fully saturated rings. The molecule has 4 rings (SSSR count). The van der Waals surface area contributed by atoms with Crippen LogP contribution in [0, 0.1) is 0 Å². The number of hydrogen-bond donors (Lipinski definition) is 1. The van der Waals surface area contributed by atoms with Gasteiger partial charge < -0.3 is 9.55 Å². The van der Waals surface area contributed by atoms with Crippen LogP contribution in [-0.4, -0.2) is 19.5 Å². The summed E-state index contributed by atoms with van der Waals surface area (Å²) in [5.41, 5.74) is 3.40. The molecule has 2 heterocycles. The SMILES string of the molecule is c1ccc2c(-c3cn(CCCc4cnc[nH]4)cn3)cccc2c1. The van der Waals surface area contributed by atoms with Crippen molar-refractivity contribution in [1.29, 1.82) is 0 Å². The van der Waals surface area contributed by atoms with E-state index in [0.29, 0.717) is 0 Å². The molecule has 0 saturated carbocycles. The fourth-order valence-electron chi connectivity index (χ4n) is 2.94. The highest BCUT2D eigenvalue weighted by Crippen LogP contribution is 2.27. The maximum absolute atomic E-state index is 4.60. The van der Waals surface area contributed by atoms with Crippen molar-refractivity contribution < 1.29 is 0 Å². The van der Waals surface area contributed by atoms with Gasteiger partial charge in [0.1, 0.15) is 0 Å². The minimum Gasteiger partial charge on any atom is -0.348 e. The van der Waals surface area contributed by atoms with Crippen molar-refractivity contribution in [2.24, 2.45) is 0 Å². The third-order valence-electron chi connectivity index (χ3n) is 4.12. The maximum Gasteiger partial charge on any atom is 0.0953 e. The Morgan fingerprint density at radius 3 is 2.87 bits per heavy atom. The average Bonchev–Trinajstić information content (AvgIpc) is 3.26. The van der Waals surface area contributed by atoms with Gasteiger partial charge in [0.15, 0.2) is 0 Å². The molecule has 0 amide bonds. The molecule has 0 radical (unpaired) electrons. The van der Waals surface area contributed by atoms with Gasteiger partial charge in [-0.1, -0.05) is 42.5 Å². The van der Waals surface area contributed by atoms with E-state index in [4.69, 9.17) is 0 Å². The molecule has 4 heteroatoms. The van der Waals surface area contributed by atoms with Crippen LogP contribution >= 0.6 is 0 Å². The number of aromatic nitrogens is 4. The van der Waals surface area contributed by atoms with Gasteiger partial charge >= 0.3 is 0 Å². The normalized spacial score (nSPS) is 11.1. The minimum atomic E-state index is 0.955. The molecule has 0 aliphatic carbocycles. The van der Waals surface area contributed by atoms with Crippen molar-refractivity contribution in [2.45, 2.75) is 19.4 Å². The number of fused-ring (bicyclic) bond motifs is 1. The summed E-state index contributed by atoms with van der Waals surface area (Å²) in [6, 6.07) is 14.8. The molecule has 2 aromatic carbocycles. The highest BCUT2D eigenvalue weighted by atomic mass is 15.0. The quantitative estimate of drug-likeness (QED) is 0.604. The molecule has 0 spiro atoms. The monoisotopic (exact) mass is 302 g/mol. The summed E-state index contributed by atoms with van der Waals surface area (Å²) < 4.78 is 2.16. The van der Waals surface area contributed by atoms with Crippen LogP contribution in [-0.2, 0) is 13.0 Å². The molecule has 0 bridgehead atoms. The largest absolute Gasteiger partial charge is 0.348 e. The fourth-order valence-corrected chi connectivity index (χ4v) is 2.94. The second-order valence-corrected chi connectivity index (χ2v) is 5.70. The van der Waals surface area contributed by atoms with Crippen molar-refractivity contribution >= 4 is 10.8 Å². The number of benzene rings is 2. The highest BCUT2D eigenvalue weighted by Gasteiger charge is 2.06. The van der Waals surface area contributed by atoms with E-state index in [1.807, 2.05) is 12.5 Å². The van der Waals surface area contributed by atoms with Crippen LogP contribution in [0.25, 0.3) is 22.0 Å². The van der Waals surface area contributed by atoms with Crippen molar-refractivity contribution in [1.82, 2.24) is 19.5 Å². The second kappa shape index (κ2) is 6.08. The Kier molecular flexibility index (Phi) is 3.64. The molecule has 2 aromatic heterocycles. The maximum atomic E-state index is 4.60. The van der Waals surface area contributed by atoms with E-state index < -0.39 is 0 Å². The number of nitrogens with one attached hydrogen (secondary N) is 1. The number of aryl methyl sites for hydroxylation is 2. The zero-order valence-corrected chi connectivity index (χ0v) is 12.8. The Morgan fingerprint density at radius 2 is 1.96 bits per heavy atom. The smallest absolute Gasteiger partial charge is 0.0953 e. The van der Waals surface area contributed by atoms with Crippen molar-refractivity contribution in [3.05, 3.63) is 73.2 Å². The summed E-state index contributed by atoms with van der Waals surface area (Å²) in [7, 11) is 0. The Bertz CT molecular complexity index is 901. The Balaban J connectivity index is 1.53. The van der Waals surface area contributed by atoms with Crippen LogP contribution in [0.2, 0.25) is 0 Å². The standard InChI is InChI=1S/C19H18N4/c1-2-8-17-15(5-1)6-3-9-18(17)19-12-23(14-22-19)10-4-7-16-11-20-13-21-16/h1-3,5-6,8-9,11-14H,4,7,10H2,(H,20,21). The molecular formula is C19H18N4.